The zero-order valence-corrected chi connectivity index (χ0v) is 79.4. The number of carboxylic acid groups (broad SMARTS) is 1. The van der Waals surface area contributed by atoms with Gasteiger partial charge in [-0.1, -0.05) is 48.9 Å². The maximum atomic E-state index is 12.0. The highest BCUT2D eigenvalue weighted by atomic mass is 16.5. The van der Waals surface area contributed by atoms with Crippen LogP contribution in [-0.2, 0) is 34.1 Å². The van der Waals surface area contributed by atoms with Crippen LogP contribution in [0.4, 0.5) is 5.69 Å². The molecule has 0 saturated carbocycles. The number of aromatic amines is 1. The summed E-state index contributed by atoms with van der Waals surface area (Å²) < 4.78 is 11.8. The first-order valence-corrected chi connectivity index (χ1v) is 49.0. The van der Waals surface area contributed by atoms with Crippen molar-refractivity contribution in [1.82, 2.24) is 96.3 Å². The number of carbonyl (C=O) groups is 4. The molecule has 126 heavy (non-hydrogen) atoms. The van der Waals surface area contributed by atoms with Crippen molar-refractivity contribution in [1.29, 1.82) is 0 Å². The number of esters is 2. The van der Waals surface area contributed by atoms with E-state index in [-0.39, 0.29) is 35.4 Å². The molecule has 0 radical (unpaired) electrons. The van der Waals surface area contributed by atoms with Crippen LogP contribution in [0.25, 0.3) is 11.0 Å². The SMILES string of the molecule is C1CCN(C2CCNCC2)C1.CCOC(=O)C1CCNCC1.CN(C)C1CCNCC1.CN(C)CCCC1CCNCC1.CN1CCN(CCN)CC1.CNCC(=O)N1CCN(c2ccncc2)CC1.COC(=O)C1(c2ccccc2)CCNCC1.NCCN1CCC(N2CCCCC2)CC1.O=C(O)C1CCNCC1.O=c1[nH]c2ccccc2n1C1CCNCC1. The highest BCUT2D eigenvalue weighted by Crippen LogP contribution is 2.35. The van der Waals surface area contributed by atoms with Crippen LogP contribution in [-0.4, -0.2) is 379 Å². The quantitative estimate of drug-likeness (QED) is 0.0461. The van der Waals surface area contributed by atoms with Gasteiger partial charge in [-0.05, 0) is 364 Å². The third-order valence-corrected chi connectivity index (χ3v) is 26.9. The molecule has 716 valence electrons. The van der Waals surface area contributed by atoms with Gasteiger partial charge in [-0.3, -0.25) is 33.6 Å². The van der Waals surface area contributed by atoms with Crippen LogP contribution in [0.5, 0.6) is 0 Å². The summed E-state index contributed by atoms with van der Waals surface area (Å²) >= 11 is 0. The van der Waals surface area contributed by atoms with Crippen molar-refractivity contribution in [2.45, 2.75) is 184 Å². The number of rotatable bonds is 20. The number of methoxy groups -OCH3 is 1. The van der Waals surface area contributed by atoms with Crippen molar-refractivity contribution in [3.63, 3.8) is 0 Å². The van der Waals surface area contributed by atoms with Gasteiger partial charge >= 0.3 is 23.6 Å². The molecule has 12 fully saturated rings. The zero-order chi connectivity index (χ0) is 90.2. The molecule has 16 rings (SSSR count). The van der Waals surface area contributed by atoms with Crippen molar-refractivity contribution in [3.05, 3.63) is 95.2 Å². The lowest BCUT2D eigenvalue weighted by atomic mass is 9.73. The molecular weight excluding hydrogens is 1590 g/mol. The number of ether oxygens (including phenoxy) is 2. The maximum Gasteiger partial charge on any atom is 0.326 e. The van der Waals surface area contributed by atoms with Crippen LogP contribution >= 0.6 is 0 Å². The number of hydrogen-bond acceptors (Lipinski definition) is 26. The third-order valence-electron chi connectivity index (χ3n) is 26.9. The number of benzene rings is 2. The van der Waals surface area contributed by atoms with Gasteiger partial charge < -0.3 is 113 Å². The zero-order valence-electron chi connectivity index (χ0n) is 79.4. The smallest absolute Gasteiger partial charge is 0.326 e. The second-order valence-corrected chi connectivity index (χ2v) is 36.4. The molecule has 14 heterocycles. The van der Waals surface area contributed by atoms with Crippen LogP contribution in [0.3, 0.4) is 0 Å². The number of carbonyl (C=O) groups excluding carboxylic acids is 3. The molecule has 14 N–H and O–H groups in total. The van der Waals surface area contributed by atoms with E-state index in [0.717, 1.165) is 197 Å². The Morgan fingerprint density at radius 1 is 0.548 bits per heavy atom. The van der Waals surface area contributed by atoms with E-state index in [4.69, 9.17) is 26.0 Å². The van der Waals surface area contributed by atoms with Gasteiger partial charge in [0.25, 0.3) is 0 Å². The number of nitrogens with two attached hydrogens (primary N) is 2. The summed E-state index contributed by atoms with van der Waals surface area (Å²) in [6.45, 7) is 38.6. The fraction of sp³-hybridized carbons (Fsp3) is 0.771. The first-order chi connectivity index (χ1) is 61.4. The number of fused-ring (bicyclic) bond motifs is 1. The first-order valence-electron chi connectivity index (χ1n) is 49.0. The number of para-hydroxylation sites is 2. The number of nitrogens with zero attached hydrogens (tertiary/aromatic N) is 11. The third kappa shape index (κ3) is 40.3. The van der Waals surface area contributed by atoms with E-state index < -0.39 is 11.4 Å². The average molecular weight is 1760 g/mol. The van der Waals surface area contributed by atoms with E-state index >= 15 is 0 Å². The van der Waals surface area contributed by atoms with E-state index in [9.17, 15) is 24.0 Å². The summed E-state index contributed by atoms with van der Waals surface area (Å²) in [6, 6.07) is 24.8. The molecule has 0 spiro atoms. The number of anilines is 1. The Kier molecular flexibility index (Phi) is 54.1. The molecule has 12 aliphatic rings. The Morgan fingerprint density at radius 2 is 1.02 bits per heavy atom. The summed E-state index contributed by atoms with van der Waals surface area (Å²) in [5.41, 5.74) is 14.8. The fourth-order valence-electron chi connectivity index (χ4n) is 19.0. The molecule has 2 aromatic carbocycles. The number of hydrogen-bond donors (Lipinski definition) is 12. The van der Waals surface area contributed by atoms with Gasteiger partial charge in [0.15, 0.2) is 0 Å². The number of pyridine rings is 1. The van der Waals surface area contributed by atoms with Crippen molar-refractivity contribution >= 4 is 40.5 Å². The standard InChI is InChI=1S/C13H17NO2.C12H18N4O.C12H15N3O.C12H25N3.C10H22N2.C9H18N2.C8H15NO2.C7H17N3.C7H16N2.C6H11NO2/c1-16-12(15)13(7-9-14-10-8-13)11-5-3-2-4-6-11;1-13-10-12(17)16-8-6-15(7-9-16)11-2-4-14-5-3-11;16-12-14-10-3-1-2-4-11(10)15(12)9-5-7-13-8-6-9;13-6-11-14-9-4-12(5-10-14)15-7-2-1-3-8-15;1-12(2)9-3-4-10-5-7-11-8-6-10;1-2-8-11(7-1)9-3-5-10-6-4-9;1-2-11-8(10)7-3-5-9-6-4-7;1-9-4-6-10(3-2-8)7-5-9;1-9(2)7-3-5-8-6-4-7;8-6(9)5-1-3-7-4-2-5/h2-6,14H,7-10H2,1H3;2-5,13H,6-10H2,1H3;1-4,9,13H,5-8H2,(H,14,16);12H,1-11,13H2;10-11H,3-9H2,1-2H3;9-10H,1-8H2;7,9H,2-6H2,1H3;2-8H2,1H3;7-8H,3-6H2,1-2H3;5,7H,1-4H2,(H,8,9). The Morgan fingerprint density at radius 3 is 1.52 bits per heavy atom. The number of imidazole rings is 1. The Bertz CT molecular complexity index is 3470. The summed E-state index contributed by atoms with van der Waals surface area (Å²) in [4.78, 5) is 85.5. The molecular formula is C96H174N22O8. The molecule has 4 aromatic rings. The largest absolute Gasteiger partial charge is 0.481 e. The number of piperidine rings is 9. The van der Waals surface area contributed by atoms with Crippen molar-refractivity contribution in [3.8, 4) is 0 Å². The van der Waals surface area contributed by atoms with E-state index in [1.165, 1.54) is 220 Å². The number of piperazine rings is 2. The van der Waals surface area contributed by atoms with Crippen molar-refractivity contribution in [2.75, 3.05) is 283 Å². The highest BCUT2D eigenvalue weighted by molar-refractivity contribution is 5.83. The molecule has 0 aliphatic carbocycles. The summed E-state index contributed by atoms with van der Waals surface area (Å²) in [6.07, 6.45) is 31.6. The van der Waals surface area contributed by atoms with Crippen molar-refractivity contribution in [2.24, 2.45) is 29.2 Å². The topological polar surface area (TPSA) is 335 Å². The lowest BCUT2D eigenvalue weighted by molar-refractivity contribution is -0.149. The van der Waals surface area contributed by atoms with E-state index in [2.05, 4.69) is 127 Å². The molecule has 30 nitrogen and oxygen atoms in total. The van der Waals surface area contributed by atoms with E-state index in [1.807, 2.05) is 83.1 Å². The Balaban J connectivity index is 0.000000194. The summed E-state index contributed by atoms with van der Waals surface area (Å²) in [5.74, 6) is 0.473. The highest BCUT2D eigenvalue weighted by Gasteiger charge is 2.42. The van der Waals surface area contributed by atoms with E-state index in [1.54, 1.807) is 19.4 Å². The fourth-order valence-corrected chi connectivity index (χ4v) is 19.0. The van der Waals surface area contributed by atoms with Crippen LogP contribution in [0.2, 0.25) is 0 Å². The van der Waals surface area contributed by atoms with Gasteiger partial charge in [-0.15, -0.1) is 0 Å². The van der Waals surface area contributed by atoms with Crippen LogP contribution in [0.1, 0.15) is 166 Å². The predicted octanol–water partition coefficient (Wildman–Crippen LogP) is 5.85. The summed E-state index contributed by atoms with van der Waals surface area (Å²) in [5, 5.41) is 34.5. The van der Waals surface area contributed by atoms with Crippen LogP contribution in [0.15, 0.2) is 83.9 Å². The molecule has 0 unspecified atom stereocenters. The minimum atomic E-state index is -0.642. The Hall–Kier alpha value is -6.14. The first kappa shape index (κ1) is 107. The number of carboxylic acids is 1. The molecule has 0 bridgehead atoms. The second kappa shape index (κ2) is 63.8. The van der Waals surface area contributed by atoms with Gasteiger partial charge in [0.2, 0.25) is 5.91 Å². The second-order valence-electron chi connectivity index (χ2n) is 36.4. The van der Waals surface area contributed by atoms with Crippen LogP contribution < -0.4 is 64.6 Å². The van der Waals surface area contributed by atoms with Gasteiger partial charge in [-0.25, -0.2) is 4.79 Å². The number of likely N-dealkylation sites (N-methyl/N-ethyl adjacent to an activating group) is 2. The molecule has 12 saturated heterocycles. The number of likely N-dealkylation sites (tertiary alicyclic amines) is 3. The number of aromatic nitrogens is 3. The lowest BCUT2D eigenvalue weighted by Gasteiger charge is -2.40. The molecule has 1 amide bonds. The number of aliphatic carboxylic acids is 1. The molecule has 12 aliphatic heterocycles. The number of amides is 1. The Labute approximate surface area is 758 Å². The van der Waals surface area contributed by atoms with E-state index in [0.29, 0.717) is 19.2 Å². The normalized spacial score (nSPS) is 21.4. The summed E-state index contributed by atoms with van der Waals surface area (Å²) in [7, 11) is 14.1. The average Bonchev–Trinajstić information content (AvgIpc) is 1.55. The van der Waals surface area contributed by atoms with Crippen LogP contribution in [0, 0.1) is 17.8 Å². The number of H-pyrrole nitrogens is 1. The lowest BCUT2D eigenvalue weighted by Crippen LogP contribution is -2.50. The molecule has 2 aromatic heterocycles. The molecule has 30 heteroatoms. The number of nitrogens with one attached hydrogen (secondary N) is 9. The van der Waals surface area contributed by atoms with Gasteiger partial charge in [0, 0.05) is 121 Å². The minimum Gasteiger partial charge on any atom is -0.481 e. The van der Waals surface area contributed by atoms with Gasteiger partial charge in [0.05, 0.1) is 48.5 Å². The molecule has 0 atom stereocenters. The van der Waals surface area contributed by atoms with Crippen molar-refractivity contribution < 1.29 is 33.8 Å². The van der Waals surface area contributed by atoms with Gasteiger partial charge in [0.1, 0.15) is 0 Å². The predicted molar refractivity (Wildman–Crippen MR) is 515 cm³/mol. The maximum absolute atomic E-state index is 12.0. The monoisotopic (exact) mass is 1760 g/mol. The minimum absolute atomic E-state index is 0.0194. The van der Waals surface area contributed by atoms with Gasteiger partial charge in [-0.2, -0.15) is 0 Å².